The Balaban J connectivity index is 1.71. The number of hydrogen-bond donors (Lipinski definition) is 3. The second-order valence-corrected chi connectivity index (χ2v) is 9.13. The molecule has 3 heterocycles. The van der Waals surface area contributed by atoms with Gasteiger partial charge in [0.05, 0.1) is 17.6 Å². The fourth-order valence-corrected chi connectivity index (χ4v) is 4.83. The average molecular weight is 428 g/mol. The second kappa shape index (κ2) is 7.89. The number of rotatable bonds is 5. The van der Waals surface area contributed by atoms with Gasteiger partial charge in [-0.15, -0.1) is 0 Å². The molecule has 3 aliphatic heterocycles. The molecule has 1 aromatic rings. The van der Waals surface area contributed by atoms with Crippen molar-refractivity contribution in [2.45, 2.75) is 63.4 Å². The van der Waals surface area contributed by atoms with E-state index in [0.29, 0.717) is 18.4 Å². The van der Waals surface area contributed by atoms with Crippen LogP contribution in [0.5, 0.6) is 0 Å². The SMILES string of the molecule is C[C@@H]1C[C@H](O)C2=C(CC(Cc3ccccc3)C(=O)O)C(=O)OC2=CC2(C)CCC1(O)O2. The van der Waals surface area contributed by atoms with E-state index in [1.807, 2.05) is 30.3 Å². The molecular formula is C24H28O7. The summed E-state index contributed by atoms with van der Waals surface area (Å²) in [5, 5.41) is 31.7. The standard InChI is InChI=1S/C24H28O7/c1-14-10-18(25)20-17(12-16(21(26)27)11-15-6-4-3-5-7-15)22(28)30-19(20)13-23(2)8-9-24(14,29)31-23/h3-7,13-14,16,18,25,29H,8-12H2,1-2H3,(H,26,27)/t14-,16?,18+,23?,24?/m1/s1. The first-order chi connectivity index (χ1) is 14.6. The minimum Gasteiger partial charge on any atom is -0.481 e. The van der Waals surface area contributed by atoms with Crippen molar-refractivity contribution in [1.29, 1.82) is 0 Å². The number of carbonyl (C=O) groups is 2. The van der Waals surface area contributed by atoms with Gasteiger partial charge in [0.1, 0.15) is 5.76 Å². The Hall–Kier alpha value is -2.48. The van der Waals surface area contributed by atoms with Crippen molar-refractivity contribution in [2.75, 3.05) is 0 Å². The number of ether oxygens (including phenoxy) is 2. The molecule has 1 fully saturated rings. The van der Waals surface area contributed by atoms with E-state index in [9.17, 15) is 24.9 Å². The summed E-state index contributed by atoms with van der Waals surface area (Å²) < 4.78 is 11.4. The molecule has 2 bridgehead atoms. The first-order valence-corrected chi connectivity index (χ1v) is 10.7. The molecule has 3 aliphatic rings. The highest BCUT2D eigenvalue weighted by Crippen LogP contribution is 2.47. The van der Waals surface area contributed by atoms with Crippen LogP contribution in [0.1, 0.15) is 45.1 Å². The molecule has 0 aliphatic carbocycles. The summed E-state index contributed by atoms with van der Waals surface area (Å²) in [6.07, 6.45) is 1.88. The molecule has 31 heavy (non-hydrogen) atoms. The van der Waals surface area contributed by atoms with E-state index < -0.39 is 35.3 Å². The molecule has 1 saturated heterocycles. The Kier molecular flexibility index (Phi) is 5.54. The molecule has 166 valence electrons. The number of carboxylic acid groups (broad SMARTS) is 1. The van der Waals surface area contributed by atoms with Crippen LogP contribution in [-0.4, -0.2) is 44.8 Å². The summed E-state index contributed by atoms with van der Waals surface area (Å²) in [4.78, 5) is 24.7. The zero-order chi connectivity index (χ0) is 22.4. The zero-order valence-electron chi connectivity index (χ0n) is 17.7. The number of aliphatic hydroxyl groups excluding tert-OH is 1. The number of benzene rings is 1. The van der Waals surface area contributed by atoms with Crippen molar-refractivity contribution >= 4 is 11.9 Å². The normalized spacial score (nSPS) is 33.7. The molecule has 0 amide bonds. The average Bonchev–Trinajstić information content (AvgIpc) is 3.18. The Bertz CT molecular complexity index is 950. The minimum atomic E-state index is -1.37. The van der Waals surface area contributed by atoms with Crippen LogP contribution in [0.3, 0.4) is 0 Å². The van der Waals surface area contributed by atoms with Gasteiger partial charge >= 0.3 is 11.9 Å². The maximum absolute atomic E-state index is 12.7. The largest absolute Gasteiger partial charge is 0.481 e. The number of aliphatic hydroxyl groups is 2. The lowest BCUT2D eigenvalue weighted by Gasteiger charge is -2.32. The molecule has 0 radical (unpaired) electrons. The van der Waals surface area contributed by atoms with E-state index in [1.54, 1.807) is 19.9 Å². The molecule has 0 saturated carbocycles. The van der Waals surface area contributed by atoms with Gasteiger partial charge in [-0.05, 0) is 44.2 Å². The molecule has 0 aromatic heterocycles. The van der Waals surface area contributed by atoms with E-state index in [2.05, 4.69) is 0 Å². The van der Waals surface area contributed by atoms with Crippen molar-refractivity contribution in [3.63, 3.8) is 0 Å². The topological polar surface area (TPSA) is 113 Å². The van der Waals surface area contributed by atoms with Crippen molar-refractivity contribution < 1.29 is 34.4 Å². The molecule has 1 aromatic carbocycles. The lowest BCUT2D eigenvalue weighted by atomic mass is 9.84. The number of hydrogen-bond acceptors (Lipinski definition) is 6. The van der Waals surface area contributed by atoms with Crippen molar-refractivity contribution in [1.82, 2.24) is 0 Å². The predicted molar refractivity (Wildman–Crippen MR) is 111 cm³/mol. The lowest BCUT2D eigenvalue weighted by Crippen LogP contribution is -2.39. The van der Waals surface area contributed by atoms with Gasteiger partial charge in [-0.2, -0.15) is 0 Å². The first kappa shape index (κ1) is 21.7. The second-order valence-electron chi connectivity index (χ2n) is 9.13. The van der Waals surface area contributed by atoms with Gasteiger partial charge in [0, 0.05) is 23.5 Å². The summed E-state index contributed by atoms with van der Waals surface area (Å²) in [5.74, 6) is -4.05. The third kappa shape index (κ3) is 4.18. The van der Waals surface area contributed by atoms with Crippen LogP contribution < -0.4 is 0 Å². The van der Waals surface area contributed by atoms with Crippen LogP contribution in [0.2, 0.25) is 0 Å². The Morgan fingerprint density at radius 1 is 1.23 bits per heavy atom. The molecule has 7 heteroatoms. The number of esters is 1. The van der Waals surface area contributed by atoms with Crippen LogP contribution in [0.4, 0.5) is 0 Å². The Labute approximate surface area is 181 Å². The van der Waals surface area contributed by atoms with Crippen molar-refractivity contribution in [2.24, 2.45) is 11.8 Å². The quantitative estimate of drug-likeness (QED) is 0.618. The van der Waals surface area contributed by atoms with Crippen molar-refractivity contribution in [3.8, 4) is 0 Å². The van der Waals surface area contributed by atoms with Crippen LogP contribution in [0, 0.1) is 11.8 Å². The molecule has 3 unspecified atom stereocenters. The van der Waals surface area contributed by atoms with E-state index in [1.165, 1.54) is 0 Å². The maximum atomic E-state index is 12.7. The molecule has 4 rings (SSSR count). The summed E-state index contributed by atoms with van der Waals surface area (Å²) in [5.41, 5.74) is 0.506. The first-order valence-electron chi connectivity index (χ1n) is 10.7. The molecule has 0 spiro atoms. The van der Waals surface area contributed by atoms with Crippen LogP contribution in [-0.2, 0) is 25.5 Å². The number of aliphatic carboxylic acids is 1. The monoisotopic (exact) mass is 428 g/mol. The number of fused-ring (bicyclic) bond motifs is 3. The molecule has 7 nitrogen and oxygen atoms in total. The van der Waals surface area contributed by atoms with E-state index in [-0.39, 0.29) is 36.5 Å². The Morgan fingerprint density at radius 3 is 2.61 bits per heavy atom. The van der Waals surface area contributed by atoms with E-state index in [0.717, 1.165) is 5.56 Å². The van der Waals surface area contributed by atoms with E-state index >= 15 is 0 Å². The molecule has 5 atom stereocenters. The van der Waals surface area contributed by atoms with Crippen LogP contribution >= 0.6 is 0 Å². The highest BCUT2D eigenvalue weighted by Gasteiger charge is 2.51. The number of carboxylic acids is 1. The third-order valence-electron chi connectivity index (χ3n) is 6.67. The van der Waals surface area contributed by atoms with Gasteiger partial charge in [0.15, 0.2) is 5.79 Å². The molecular weight excluding hydrogens is 400 g/mol. The Morgan fingerprint density at radius 2 is 1.94 bits per heavy atom. The van der Waals surface area contributed by atoms with Gasteiger partial charge in [-0.3, -0.25) is 4.79 Å². The van der Waals surface area contributed by atoms with Gasteiger partial charge in [0.25, 0.3) is 0 Å². The summed E-state index contributed by atoms with van der Waals surface area (Å²) in [6.45, 7) is 3.61. The lowest BCUT2D eigenvalue weighted by molar-refractivity contribution is -0.238. The summed E-state index contributed by atoms with van der Waals surface area (Å²) >= 11 is 0. The van der Waals surface area contributed by atoms with Crippen LogP contribution in [0.25, 0.3) is 0 Å². The van der Waals surface area contributed by atoms with Gasteiger partial charge in [-0.1, -0.05) is 37.3 Å². The van der Waals surface area contributed by atoms with Gasteiger partial charge < -0.3 is 24.8 Å². The minimum absolute atomic E-state index is 0.0526. The third-order valence-corrected chi connectivity index (χ3v) is 6.67. The maximum Gasteiger partial charge on any atom is 0.339 e. The summed E-state index contributed by atoms with van der Waals surface area (Å²) in [7, 11) is 0. The van der Waals surface area contributed by atoms with Gasteiger partial charge in [0.2, 0.25) is 0 Å². The van der Waals surface area contributed by atoms with Gasteiger partial charge in [-0.25, -0.2) is 4.79 Å². The summed E-state index contributed by atoms with van der Waals surface area (Å²) in [6, 6.07) is 9.22. The molecule has 3 N–H and O–H groups in total. The van der Waals surface area contributed by atoms with E-state index in [4.69, 9.17) is 9.47 Å². The van der Waals surface area contributed by atoms with Crippen LogP contribution in [0.15, 0.2) is 53.3 Å². The highest BCUT2D eigenvalue weighted by molar-refractivity contribution is 5.95. The smallest absolute Gasteiger partial charge is 0.339 e. The van der Waals surface area contributed by atoms with Crippen molar-refractivity contribution in [3.05, 3.63) is 58.9 Å². The fraction of sp³-hybridized carbons (Fsp3) is 0.500. The fourth-order valence-electron chi connectivity index (χ4n) is 4.83. The predicted octanol–water partition coefficient (Wildman–Crippen LogP) is 2.72. The highest BCUT2D eigenvalue weighted by atomic mass is 16.6. The number of carbonyl (C=O) groups excluding carboxylic acids is 1. The zero-order valence-corrected chi connectivity index (χ0v) is 17.7.